The SMILES string of the molecule is Cc1cc(C(C)Nc2cccnc2C(=O)NS(C)(=O)=O)c2oc(-c3cccc(C(F)F)n3)c(C)c(=O)c2c1. The van der Waals surface area contributed by atoms with Crippen LogP contribution in [-0.4, -0.2) is 30.5 Å². The van der Waals surface area contributed by atoms with Gasteiger partial charge in [-0.25, -0.2) is 31.9 Å². The maximum absolute atomic E-state index is 13.3. The molecule has 12 heteroatoms. The van der Waals surface area contributed by atoms with Crippen molar-refractivity contribution in [3.8, 4) is 11.5 Å². The summed E-state index contributed by atoms with van der Waals surface area (Å²) in [6, 6.07) is 10.1. The van der Waals surface area contributed by atoms with E-state index in [1.54, 1.807) is 45.0 Å². The van der Waals surface area contributed by atoms with Crippen LogP contribution in [-0.2, 0) is 10.0 Å². The number of amides is 1. The largest absolute Gasteiger partial charge is 0.454 e. The van der Waals surface area contributed by atoms with Gasteiger partial charge in [0.1, 0.15) is 17.0 Å². The van der Waals surface area contributed by atoms with E-state index in [1.807, 2.05) is 4.72 Å². The molecule has 1 atom stereocenters. The van der Waals surface area contributed by atoms with E-state index in [-0.39, 0.29) is 39.4 Å². The maximum Gasteiger partial charge on any atom is 0.285 e. The number of sulfonamides is 1. The first kappa shape index (κ1) is 26.9. The van der Waals surface area contributed by atoms with Crippen molar-refractivity contribution >= 4 is 32.6 Å². The van der Waals surface area contributed by atoms with E-state index in [0.29, 0.717) is 10.9 Å². The highest BCUT2D eigenvalue weighted by atomic mass is 32.2. The Morgan fingerprint density at radius 3 is 2.53 bits per heavy atom. The molecular weight excluding hydrogens is 518 g/mol. The van der Waals surface area contributed by atoms with Crippen molar-refractivity contribution in [3.05, 3.63) is 87.0 Å². The molecule has 0 aliphatic carbocycles. The number of alkyl halides is 2. The number of anilines is 1. The third-order valence-electron chi connectivity index (χ3n) is 5.76. The van der Waals surface area contributed by atoms with Gasteiger partial charge in [0.15, 0.2) is 16.9 Å². The van der Waals surface area contributed by atoms with Gasteiger partial charge in [0.2, 0.25) is 10.0 Å². The van der Waals surface area contributed by atoms with E-state index in [9.17, 15) is 26.8 Å². The lowest BCUT2D eigenvalue weighted by atomic mass is 9.99. The summed E-state index contributed by atoms with van der Waals surface area (Å²) in [6.45, 7) is 5.11. The Labute approximate surface area is 217 Å². The van der Waals surface area contributed by atoms with Gasteiger partial charge in [-0.15, -0.1) is 0 Å². The molecule has 0 fully saturated rings. The van der Waals surface area contributed by atoms with E-state index >= 15 is 0 Å². The van der Waals surface area contributed by atoms with Crippen molar-refractivity contribution in [2.45, 2.75) is 33.2 Å². The molecule has 0 saturated heterocycles. The quantitative estimate of drug-likeness (QED) is 0.345. The minimum Gasteiger partial charge on any atom is -0.454 e. The Kier molecular flexibility index (Phi) is 7.27. The highest BCUT2D eigenvalue weighted by molar-refractivity contribution is 7.89. The van der Waals surface area contributed by atoms with Crippen LogP contribution in [0.4, 0.5) is 14.5 Å². The van der Waals surface area contributed by atoms with Gasteiger partial charge in [0.25, 0.3) is 12.3 Å². The molecule has 0 radical (unpaired) electrons. The molecule has 3 heterocycles. The first-order valence-corrected chi connectivity index (χ1v) is 13.3. The van der Waals surface area contributed by atoms with Gasteiger partial charge in [-0.05, 0) is 56.7 Å². The van der Waals surface area contributed by atoms with Crippen LogP contribution < -0.4 is 15.5 Å². The number of aromatic nitrogens is 2. The van der Waals surface area contributed by atoms with Gasteiger partial charge in [-0.3, -0.25) is 9.59 Å². The highest BCUT2D eigenvalue weighted by Gasteiger charge is 2.22. The summed E-state index contributed by atoms with van der Waals surface area (Å²) in [5.74, 6) is -0.844. The summed E-state index contributed by atoms with van der Waals surface area (Å²) in [5.41, 5.74) is 1.17. The number of halogens is 2. The Balaban J connectivity index is 1.83. The number of rotatable bonds is 7. The fourth-order valence-electron chi connectivity index (χ4n) is 4.06. The lowest BCUT2D eigenvalue weighted by Crippen LogP contribution is -2.30. The van der Waals surface area contributed by atoms with Gasteiger partial charge in [0.05, 0.1) is 23.4 Å². The lowest BCUT2D eigenvalue weighted by Gasteiger charge is -2.20. The molecule has 2 N–H and O–H groups in total. The summed E-state index contributed by atoms with van der Waals surface area (Å²) in [5, 5.41) is 3.43. The number of aryl methyl sites for hydroxylation is 1. The van der Waals surface area contributed by atoms with Gasteiger partial charge in [-0.1, -0.05) is 12.1 Å². The maximum atomic E-state index is 13.3. The predicted octanol–water partition coefficient (Wildman–Crippen LogP) is 4.67. The number of carbonyl (C=O) groups excluding carboxylic acids is 1. The van der Waals surface area contributed by atoms with Gasteiger partial charge in [0, 0.05) is 17.3 Å². The number of fused-ring (bicyclic) bond motifs is 1. The van der Waals surface area contributed by atoms with Crippen molar-refractivity contribution in [1.82, 2.24) is 14.7 Å². The molecule has 198 valence electrons. The van der Waals surface area contributed by atoms with Crippen LogP contribution in [0.5, 0.6) is 0 Å². The number of nitrogens with one attached hydrogen (secondary N) is 2. The lowest BCUT2D eigenvalue weighted by molar-refractivity contribution is 0.0977. The van der Waals surface area contributed by atoms with Crippen LogP contribution in [0.2, 0.25) is 0 Å². The molecule has 1 unspecified atom stereocenters. The van der Waals surface area contributed by atoms with Gasteiger partial charge >= 0.3 is 0 Å². The molecule has 38 heavy (non-hydrogen) atoms. The van der Waals surface area contributed by atoms with Crippen LogP contribution in [0.25, 0.3) is 22.4 Å². The average molecular weight is 543 g/mol. The second-order valence-electron chi connectivity index (χ2n) is 8.83. The number of hydrogen-bond donors (Lipinski definition) is 2. The molecule has 3 aromatic heterocycles. The minimum absolute atomic E-state index is 0.0666. The smallest absolute Gasteiger partial charge is 0.285 e. The number of pyridine rings is 2. The number of nitrogens with zero attached hydrogens (tertiary/aromatic N) is 2. The zero-order chi connectivity index (χ0) is 27.8. The summed E-state index contributed by atoms with van der Waals surface area (Å²) < 4.78 is 57.7. The summed E-state index contributed by atoms with van der Waals surface area (Å²) >= 11 is 0. The molecule has 1 amide bonds. The molecule has 0 aliphatic heterocycles. The van der Waals surface area contributed by atoms with Crippen LogP contribution in [0.15, 0.2) is 57.9 Å². The summed E-state index contributed by atoms with van der Waals surface area (Å²) in [7, 11) is -3.82. The Hall–Kier alpha value is -4.19. The molecule has 4 aromatic rings. The van der Waals surface area contributed by atoms with E-state index < -0.39 is 34.1 Å². The monoisotopic (exact) mass is 542 g/mol. The molecule has 0 bridgehead atoms. The Morgan fingerprint density at radius 1 is 1.11 bits per heavy atom. The zero-order valence-corrected chi connectivity index (χ0v) is 21.7. The second kappa shape index (κ2) is 10.3. The first-order valence-electron chi connectivity index (χ1n) is 11.4. The molecule has 1 aromatic carbocycles. The van der Waals surface area contributed by atoms with Gasteiger partial charge in [-0.2, -0.15) is 0 Å². The second-order valence-corrected chi connectivity index (χ2v) is 10.6. The fourth-order valence-corrected chi connectivity index (χ4v) is 4.50. The number of carbonyl (C=O) groups is 1. The first-order chi connectivity index (χ1) is 17.9. The Morgan fingerprint density at radius 2 is 1.84 bits per heavy atom. The van der Waals surface area contributed by atoms with Crippen molar-refractivity contribution in [2.75, 3.05) is 11.6 Å². The standard InChI is InChI=1S/C26H24F2N4O5S/c1-13-11-16(15(3)30-18-9-6-10-29-21(18)26(34)32-38(4,35)36)24-17(12-13)22(33)14(2)23(37-24)19-7-5-8-20(31-19)25(27)28/h5-12,15,25,30H,1-4H3,(H,32,34). The van der Waals surface area contributed by atoms with Crippen LogP contribution in [0.3, 0.4) is 0 Å². The average Bonchev–Trinajstić information content (AvgIpc) is 2.85. The normalized spacial score (nSPS) is 12.5. The fraction of sp³-hybridized carbons (Fsp3) is 0.231. The summed E-state index contributed by atoms with van der Waals surface area (Å²) in [6.07, 6.45) is -0.585. The molecule has 0 spiro atoms. The summed E-state index contributed by atoms with van der Waals surface area (Å²) in [4.78, 5) is 33.8. The third-order valence-corrected chi connectivity index (χ3v) is 6.31. The minimum atomic E-state index is -3.82. The van der Waals surface area contributed by atoms with Gasteiger partial charge < -0.3 is 9.73 Å². The van der Waals surface area contributed by atoms with E-state index in [0.717, 1.165) is 11.8 Å². The topological polar surface area (TPSA) is 131 Å². The van der Waals surface area contributed by atoms with Crippen molar-refractivity contribution in [3.63, 3.8) is 0 Å². The van der Waals surface area contributed by atoms with Crippen molar-refractivity contribution in [2.24, 2.45) is 0 Å². The molecule has 0 saturated carbocycles. The number of benzene rings is 1. The van der Waals surface area contributed by atoms with E-state index in [1.165, 1.54) is 24.4 Å². The molecule has 4 rings (SSSR count). The van der Waals surface area contributed by atoms with Crippen LogP contribution >= 0.6 is 0 Å². The predicted molar refractivity (Wildman–Crippen MR) is 139 cm³/mol. The molecular formula is C26H24F2N4O5S. The van der Waals surface area contributed by atoms with Crippen molar-refractivity contribution < 1.29 is 26.4 Å². The molecule has 9 nitrogen and oxygen atoms in total. The van der Waals surface area contributed by atoms with E-state index in [4.69, 9.17) is 4.42 Å². The zero-order valence-electron chi connectivity index (χ0n) is 20.9. The Bertz CT molecular complexity index is 1720. The van der Waals surface area contributed by atoms with Crippen LogP contribution in [0, 0.1) is 13.8 Å². The molecule has 0 aliphatic rings. The third kappa shape index (κ3) is 5.54. The van der Waals surface area contributed by atoms with Crippen molar-refractivity contribution in [1.29, 1.82) is 0 Å². The van der Waals surface area contributed by atoms with Crippen LogP contribution in [0.1, 0.15) is 52.3 Å². The van der Waals surface area contributed by atoms with E-state index in [2.05, 4.69) is 15.3 Å². The highest BCUT2D eigenvalue weighted by Crippen LogP contribution is 2.32. The number of hydrogen-bond acceptors (Lipinski definition) is 8.